The van der Waals surface area contributed by atoms with Gasteiger partial charge in [0, 0.05) is 11.9 Å². The highest BCUT2D eigenvalue weighted by molar-refractivity contribution is 6.00. The van der Waals surface area contributed by atoms with Gasteiger partial charge in [-0.25, -0.2) is 14.3 Å². The lowest BCUT2D eigenvalue weighted by molar-refractivity contribution is 0.0529. The van der Waals surface area contributed by atoms with Crippen molar-refractivity contribution < 1.29 is 9.53 Å². The van der Waals surface area contributed by atoms with E-state index in [0.717, 1.165) is 5.69 Å². The Morgan fingerprint density at radius 1 is 1.56 bits per heavy atom. The molecule has 0 atom stereocenters. The average molecular weight is 248 g/mol. The van der Waals surface area contributed by atoms with Gasteiger partial charge >= 0.3 is 5.97 Å². The van der Waals surface area contributed by atoms with Crippen LogP contribution in [0.2, 0.25) is 0 Å². The molecule has 0 saturated heterocycles. The predicted octanol–water partition coefficient (Wildman–Crippen LogP) is 1.61. The zero-order valence-electron chi connectivity index (χ0n) is 10.7. The van der Waals surface area contributed by atoms with Gasteiger partial charge in [-0.1, -0.05) is 13.8 Å². The Kier molecular flexibility index (Phi) is 3.18. The summed E-state index contributed by atoms with van der Waals surface area (Å²) in [7, 11) is 0. The van der Waals surface area contributed by atoms with Crippen molar-refractivity contribution in [3.63, 3.8) is 0 Å². The molecular formula is C12H16N4O2. The summed E-state index contributed by atoms with van der Waals surface area (Å²) in [5, 5.41) is 4.05. The number of hydrogen-bond donors (Lipinski definition) is 1. The molecule has 0 aliphatic rings. The third kappa shape index (κ3) is 2.01. The molecule has 0 fully saturated rings. The van der Waals surface area contributed by atoms with Crippen LogP contribution in [0.4, 0.5) is 5.82 Å². The molecule has 0 radical (unpaired) electrons. The summed E-state index contributed by atoms with van der Waals surface area (Å²) >= 11 is 0. The van der Waals surface area contributed by atoms with Gasteiger partial charge in [0.2, 0.25) is 0 Å². The second-order valence-corrected chi connectivity index (χ2v) is 4.26. The van der Waals surface area contributed by atoms with E-state index in [4.69, 9.17) is 10.5 Å². The lowest BCUT2D eigenvalue weighted by Gasteiger charge is -2.05. The molecule has 6 heteroatoms. The molecule has 18 heavy (non-hydrogen) atoms. The molecular weight excluding hydrogens is 232 g/mol. The number of carbonyl (C=O) groups excluding carboxylic acids is 1. The molecule has 0 aromatic carbocycles. The number of aromatic nitrogens is 3. The fraction of sp³-hybridized carbons (Fsp3) is 0.417. The molecule has 2 rings (SSSR count). The highest BCUT2D eigenvalue weighted by atomic mass is 16.5. The van der Waals surface area contributed by atoms with Crippen LogP contribution in [0.5, 0.6) is 0 Å². The van der Waals surface area contributed by atoms with Crippen molar-refractivity contribution >= 4 is 17.4 Å². The monoisotopic (exact) mass is 248 g/mol. The normalized spacial score (nSPS) is 11.1. The molecule has 0 spiro atoms. The fourth-order valence-corrected chi connectivity index (χ4v) is 1.68. The Labute approximate surface area is 105 Å². The van der Waals surface area contributed by atoms with Crippen molar-refractivity contribution in [3.8, 4) is 0 Å². The van der Waals surface area contributed by atoms with Crippen LogP contribution in [0.3, 0.4) is 0 Å². The van der Waals surface area contributed by atoms with Gasteiger partial charge in [0.15, 0.2) is 11.5 Å². The third-order valence-electron chi connectivity index (χ3n) is 2.60. The first-order valence-corrected chi connectivity index (χ1v) is 5.86. The van der Waals surface area contributed by atoms with Crippen LogP contribution in [0.25, 0.3) is 5.65 Å². The zero-order chi connectivity index (χ0) is 13.3. The number of nitrogens with zero attached hydrogens (tertiary/aromatic N) is 3. The summed E-state index contributed by atoms with van der Waals surface area (Å²) in [6.45, 7) is 6.09. The largest absolute Gasteiger partial charge is 0.462 e. The molecule has 6 nitrogen and oxygen atoms in total. The van der Waals surface area contributed by atoms with Gasteiger partial charge in [0.1, 0.15) is 5.56 Å². The number of ether oxygens (including phenoxy) is 1. The minimum atomic E-state index is -0.488. The molecule has 2 N–H and O–H groups in total. The summed E-state index contributed by atoms with van der Waals surface area (Å²) in [4.78, 5) is 16.2. The summed E-state index contributed by atoms with van der Waals surface area (Å²) in [6.07, 6.45) is 1.75. The Morgan fingerprint density at radius 3 is 2.89 bits per heavy atom. The van der Waals surface area contributed by atoms with E-state index in [1.807, 2.05) is 19.9 Å². The quantitative estimate of drug-likeness (QED) is 0.834. The first-order valence-electron chi connectivity index (χ1n) is 5.86. The average Bonchev–Trinajstić information content (AvgIpc) is 2.63. The van der Waals surface area contributed by atoms with Crippen LogP contribution >= 0.6 is 0 Å². The van der Waals surface area contributed by atoms with Gasteiger partial charge in [-0.05, 0) is 18.9 Å². The van der Waals surface area contributed by atoms with E-state index in [9.17, 15) is 4.79 Å². The van der Waals surface area contributed by atoms with E-state index in [1.165, 1.54) is 4.52 Å². The minimum absolute atomic E-state index is 0.141. The maximum atomic E-state index is 11.8. The van der Waals surface area contributed by atoms with Crippen molar-refractivity contribution in [3.05, 3.63) is 23.5 Å². The summed E-state index contributed by atoms with van der Waals surface area (Å²) in [6, 6.07) is 1.86. The summed E-state index contributed by atoms with van der Waals surface area (Å²) in [5.74, 6) is -0.0820. The highest BCUT2D eigenvalue weighted by Gasteiger charge is 2.20. The van der Waals surface area contributed by atoms with E-state index in [1.54, 1.807) is 13.1 Å². The Bertz CT molecular complexity index is 589. The Balaban J connectivity index is 2.60. The highest BCUT2D eigenvalue weighted by Crippen LogP contribution is 2.20. The van der Waals surface area contributed by atoms with Gasteiger partial charge in [0.25, 0.3) is 0 Å². The van der Waals surface area contributed by atoms with Crippen LogP contribution in [0, 0.1) is 0 Å². The molecule has 0 saturated carbocycles. The van der Waals surface area contributed by atoms with Gasteiger partial charge < -0.3 is 10.5 Å². The van der Waals surface area contributed by atoms with Gasteiger partial charge in [-0.2, -0.15) is 0 Å². The van der Waals surface area contributed by atoms with Crippen molar-refractivity contribution in [2.45, 2.75) is 26.7 Å². The van der Waals surface area contributed by atoms with Crippen molar-refractivity contribution in [1.82, 2.24) is 14.6 Å². The van der Waals surface area contributed by atoms with Crippen LogP contribution < -0.4 is 5.73 Å². The van der Waals surface area contributed by atoms with Gasteiger partial charge in [0.05, 0.1) is 6.61 Å². The molecule has 0 amide bonds. The Morgan fingerprint density at radius 2 is 2.28 bits per heavy atom. The van der Waals surface area contributed by atoms with Gasteiger partial charge in [-0.15, -0.1) is 5.10 Å². The molecule has 0 aliphatic heterocycles. The second kappa shape index (κ2) is 4.64. The van der Waals surface area contributed by atoms with E-state index >= 15 is 0 Å². The number of anilines is 1. The minimum Gasteiger partial charge on any atom is -0.462 e. The molecule has 0 unspecified atom stereocenters. The van der Waals surface area contributed by atoms with E-state index in [-0.39, 0.29) is 17.3 Å². The lowest BCUT2D eigenvalue weighted by Crippen LogP contribution is -2.08. The number of rotatable bonds is 3. The maximum Gasteiger partial charge on any atom is 0.345 e. The molecule has 96 valence electrons. The molecule has 2 aromatic rings. The van der Waals surface area contributed by atoms with E-state index < -0.39 is 5.97 Å². The fourth-order valence-electron chi connectivity index (χ4n) is 1.68. The predicted molar refractivity (Wildman–Crippen MR) is 67.4 cm³/mol. The lowest BCUT2D eigenvalue weighted by atomic mass is 10.1. The zero-order valence-corrected chi connectivity index (χ0v) is 10.7. The summed E-state index contributed by atoms with van der Waals surface area (Å²) < 4.78 is 6.46. The number of fused-ring (bicyclic) bond motifs is 1. The molecule has 2 heterocycles. The van der Waals surface area contributed by atoms with Crippen molar-refractivity contribution in [1.29, 1.82) is 0 Å². The van der Waals surface area contributed by atoms with Crippen molar-refractivity contribution in [2.75, 3.05) is 12.3 Å². The standard InChI is InChI=1S/C12H16N4O2/c1-4-18-12(17)9-10(13)15-16-6-5-8(7(2)3)14-11(9)16/h5-7H,4H2,1-3H3,(H2,13,15). The topological polar surface area (TPSA) is 82.5 Å². The SMILES string of the molecule is CCOC(=O)c1c(N)nn2ccc(C(C)C)nc12. The number of nitrogen functional groups attached to an aromatic ring is 1. The number of hydrogen-bond acceptors (Lipinski definition) is 5. The van der Waals surface area contributed by atoms with Crippen LogP contribution in [-0.4, -0.2) is 27.2 Å². The number of esters is 1. The van der Waals surface area contributed by atoms with Gasteiger partial charge in [-0.3, -0.25) is 0 Å². The molecule has 0 bridgehead atoms. The third-order valence-corrected chi connectivity index (χ3v) is 2.60. The van der Waals surface area contributed by atoms with E-state index in [2.05, 4.69) is 10.1 Å². The van der Waals surface area contributed by atoms with Crippen molar-refractivity contribution in [2.24, 2.45) is 0 Å². The smallest absolute Gasteiger partial charge is 0.345 e. The molecule has 2 aromatic heterocycles. The molecule has 0 aliphatic carbocycles. The number of nitrogens with two attached hydrogens (primary N) is 1. The Hall–Kier alpha value is -2.11. The van der Waals surface area contributed by atoms with Crippen LogP contribution in [0.1, 0.15) is 42.7 Å². The van der Waals surface area contributed by atoms with Crippen LogP contribution in [-0.2, 0) is 4.74 Å². The van der Waals surface area contributed by atoms with Crippen LogP contribution in [0.15, 0.2) is 12.3 Å². The van der Waals surface area contributed by atoms with E-state index in [0.29, 0.717) is 12.3 Å². The second-order valence-electron chi connectivity index (χ2n) is 4.26. The number of carbonyl (C=O) groups is 1. The first kappa shape index (κ1) is 12.3. The summed E-state index contributed by atoms with van der Waals surface area (Å²) in [5.41, 5.74) is 7.30. The maximum absolute atomic E-state index is 11.8. The first-order chi connectivity index (χ1) is 8.54.